The Morgan fingerprint density at radius 1 is 1.56 bits per heavy atom. The minimum absolute atomic E-state index is 0.132. The van der Waals surface area contributed by atoms with Gasteiger partial charge in [-0.3, -0.25) is 4.90 Å². The summed E-state index contributed by atoms with van der Waals surface area (Å²) in [5.41, 5.74) is 1.16. The van der Waals surface area contributed by atoms with E-state index >= 15 is 0 Å². The molecule has 0 radical (unpaired) electrons. The van der Waals surface area contributed by atoms with Crippen LogP contribution in [0.25, 0.3) is 0 Å². The van der Waals surface area contributed by atoms with Gasteiger partial charge in [0.15, 0.2) is 0 Å². The fraction of sp³-hybridized carbons (Fsp3) is 0.571. The van der Waals surface area contributed by atoms with Crippen molar-refractivity contribution < 1.29 is 9.90 Å². The third-order valence-corrected chi connectivity index (χ3v) is 3.64. The highest BCUT2D eigenvalue weighted by Crippen LogP contribution is 2.27. The van der Waals surface area contributed by atoms with Crippen LogP contribution in [0.1, 0.15) is 42.2 Å². The Kier molecular flexibility index (Phi) is 4.31. The summed E-state index contributed by atoms with van der Waals surface area (Å²) in [6, 6.07) is 3.57. The molecule has 1 aromatic heterocycles. The molecule has 1 aromatic rings. The number of nitrogens with zero attached hydrogens (tertiary/aromatic N) is 2. The van der Waals surface area contributed by atoms with Crippen molar-refractivity contribution in [2.45, 2.75) is 32.7 Å². The van der Waals surface area contributed by atoms with Crippen LogP contribution in [0.15, 0.2) is 18.3 Å². The second-order valence-electron chi connectivity index (χ2n) is 4.98. The Labute approximate surface area is 108 Å². The Bertz CT molecular complexity index is 416. The molecular weight excluding hydrogens is 228 g/mol. The number of hydrogen-bond acceptors (Lipinski definition) is 3. The third-order valence-electron chi connectivity index (χ3n) is 3.64. The molecule has 1 fully saturated rings. The van der Waals surface area contributed by atoms with Gasteiger partial charge in [0.2, 0.25) is 0 Å². The normalized spacial score (nSPS) is 15.7. The van der Waals surface area contributed by atoms with Crippen molar-refractivity contribution in [1.29, 1.82) is 0 Å². The summed E-state index contributed by atoms with van der Waals surface area (Å²) in [6.07, 6.45) is 5.62. The zero-order chi connectivity index (χ0) is 13.0. The van der Waals surface area contributed by atoms with E-state index in [0.29, 0.717) is 0 Å². The van der Waals surface area contributed by atoms with Crippen molar-refractivity contribution >= 4 is 5.97 Å². The smallest absolute Gasteiger partial charge is 0.354 e. The lowest BCUT2D eigenvalue weighted by Crippen LogP contribution is -2.32. The number of carbonyl (C=O) groups is 1. The zero-order valence-electron chi connectivity index (χ0n) is 10.8. The highest BCUT2D eigenvalue weighted by molar-refractivity contribution is 5.85. The summed E-state index contributed by atoms with van der Waals surface area (Å²) in [5, 5.41) is 8.92. The number of carboxylic acid groups (broad SMARTS) is 1. The van der Waals surface area contributed by atoms with Gasteiger partial charge in [0, 0.05) is 19.3 Å². The third kappa shape index (κ3) is 3.29. The van der Waals surface area contributed by atoms with E-state index in [1.165, 1.54) is 19.3 Å². The number of aromatic nitrogens is 1. The minimum Gasteiger partial charge on any atom is -0.477 e. The first-order valence-corrected chi connectivity index (χ1v) is 6.59. The standard InChI is InChI=1S/C14H20N2O2/c1-2-16(9-11-4-3-5-11)10-12-6-7-15-13(8-12)14(17)18/h6-8,11H,2-5,9-10H2,1H3,(H,17,18). The topological polar surface area (TPSA) is 53.4 Å². The fourth-order valence-corrected chi connectivity index (χ4v) is 2.29. The number of carboxylic acids is 1. The van der Waals surface area contributed by atoms with Crippen LogP contribution in [0.3, 0.4) is 0 Å². The molecule has 2 rings (SSSR count). The number of aromatic carboxylic acids is 1. The number of hydrogen-bond donors (Lipinski definition) is 1. The number of pyridine rings is 1. The van der Waals surface area contributed by atoms with Crippen LogP contribution in [0.2, 0.25) is 0 Å². The quantitative estimate of drug-likeness (QED) is 0.840. The largest absolute Gasteiger partial charge is 0.477 e. The molecule has 1 saturated carbocycles. The van der Waals surface area contributed by atoms with E-state index in [0.717, 1.165) is 31.1 Å². The average Bonchev–Trinajstić information content (AvgIpc) is 2.32. The maximum atomic E-state index is 10.9. The SMILES string of the molecule is CCN(Cc1ccnc(C(=O)O)c1)CC1CCC1. The second kappa shape index (κ2) is 5.96. The summed E-state index contributed by atoms with van der Waals surface area (Å²) < 4.78 is 0. The van der Waals surface area contributed by atoms with Crippen molar-refractivity contribution in [3.63, 3.8) is 0 Å². The van der Waals surface area contributed by atoms with Gasteiger partial charge < -0.3 is 5.11 Å². The summed E-state index contributed by atoms with van der Waals surface area (Å²) in [7, 11) is 0. The Balaban J connectivity index is 1.97. The Morgan fingerprint density at radius 3 is 2.89 bits per heavy atom. The maximum Gasteiger partial charge on any atom is 0.354 e. The molecule has 1 aliphatic carbocycles. The van der Waals surface area contributed by atoms with E-state index in [1.807, 2.05) is 6.07 Å². The first-order chi connectivity index (χ1) is 8.69. The lowest BCUT2D eigenvalue weighted by Gasteiger charge is -2.31. The lowest BCUT2D eigenvalue weighted by molar-refractivity contribution is 0.0690. The van der Waals surface area contributed by atoms with Crippen LogP contribution < -0.4 is 0 Å². The molecule has 1 aliphatic rings. The maximum absolute atomic E-state index is 10.9. The van der Waals surface area contributed by atoms with Crippen molar-refractivity contribution in [2.24, 2.45) is 5.92 Å². The van der Waals surface area contributed by atoms with Gasteiger partial charge in [-0.1, -0.05) is 13.3 Å². The molecule has 98 valence electrons. The van der Waals surface area contributed by atoms with E-state index in [1.54, 1.807) is 12.3 Å². The average molecular weight is 248 g/mol. The van der Waals surface area contributed by atoms with Crippen LogP contribution in [-0.4, -0.2) is 34.0 Å². The van der Waals surface area contributed by atoms with Gasteiger partial charge in [-0.05, 0) is 43.0 Å². The highest BCUT2D eigenvalue weighted by atomic mass is 16.4. The summed E-state index contributed by atoms with van der Waals surface area (Å²) in [4.78, 5) is 17.1. The van der Waals surface area contributed by atoms with Crippen LogP contribution in [-0.2, 0) is 6.54 Å². The molecule has 1 N–H and O–H groups in total. The predicted molar refractivity (Wildman–Crippen MR) is 69.5 cm³/mol. The fourth-order valence-electron chi connectivity index (χ4n) is 2.29. The van der Waals surface area contributed by atoms with Crippen LogP contribution in [0.4, 0.5) is 0 Å². The van der Waals surface area contributed by atoms with Gasteiger partial charge in [0.05, 0.1) is 0 Å². The Hall–Kier alpha value is -1.42. The van der Waals surface area contributed by atoms with E-state index in [9.17, 15) is 4.79 Å². The van der Waals surface area contributed by atoms with Gasteiger partial charge in [-0.25, -0.2) is 9.78 Å². The van der Waals surface area contributed by atoms with Crippen LogP contribution in [0.5, 0.6) is 0 Å². The van der Waals surface area contributed by atoms with Gasteiger partial charge in [0.1, 0.15) is 5.69 Å². The summed E-state index contributed by atoms with van der Waals surface area (Å²) in [6.45, 7) is 5.09. The van der Waals surface area contributed by atoms with Crippen molar-refractivity contribution in [1.82, 2.24) is 9.88 Å². The molecule has 0 aliphatic heterocycles. The molecule has 4 heteroatoms. The lowest BCUT2D eigenvalue weighted by atomic mass is 9.85. The first kappa shape index (κ1) is 13.0. The monoisotopic (exact) mass is 248 g/mol. The molecule has 1 heterocycles. The van der Waals surface area contributed by atoms with E-state index < -0.39 is 5.97 Å². The second-order valence-corrected chi connectivity index (χ2v) is 4.98. The van der Waals surface area contributed by atoms with Gasteiger partial charge in [-0.2, -0.15) is 0 Å². The molecular formula is C14H20N2O2. The minimum atomic E-state index is -0.959. The van der Waals surface area contributed by atoms with Crippen LogP contribution in [0, 0.1) is 5.92 Å². The molecule has 0 atom stereocenters. The van der Waals surface area contributed by atoms with Gasteiger partial charge in [0.25, 0.3) is 0 Å². The van der Waals surface area contributed by atoms with Crippen molar-refractivity contribution in [3.05, 3.63) is 29.6 Å². The summed E-state index contributed by atoms with van der Waals surface area (Å²) >= 11 is 0. The highest BCUT2D eigenvalue weighted by Gasteiger charge is 2.20. The zero-order valence-corrected chi connectivity index (χ0v) is 10.8. The van der Waals surface area contributed by atoms with Gasteiger partial charge in [-0.15, -0.1) is 0 Å². The molecule has 4 nitrogen and oxygen atoms in total. The van der Waals surface area contributed by atoms with E-state index in [2.05, 4.69) is 16.8 Å². The Morgan fingerprint density at radius 2 is 2.33 bits per heavy atom. The number of rotatable bonds is 6. The molecule has 0 spiro atoms. The van der Waals surface area contributed by atoms with E-state index in [4.69, 9.17) is 5.11 Å². The summed E-state index contributed by atoms with van der Waals surface area (Å²) in [5.74, 6) is -0.121. The molecule has 0 aromatic carbocycles. The molecule has 18 heavy (non-hydrogen) atoms. The predicted octanol–water partition coefficient (Wildman–Crippen LogP) is 2.40. The van der Waals surface area contributed by atoms with Crippen molar-refractivity contribution in [2.75, 3.05) is 13.1 Å². The molecule has 0 bridgehead atoms. The van der Waals surface area contributed by atoms with Crippen LogP contribution >= 0.6 is 0 Å². The van der Waals surface area contributed by atoms with E-state index in [-0.39, 0.29) is 5.69 Å². The van der Waals surface area contributed by atoms with Crippen molar-refractivity contribution in [3.8, 4) is 0 Å². The first-order valence-electron chi connectivity index (χ1n) is 6.59. The molecule has 0 amide bonds. The molecule has 0 unspecified atom stereocenters. The molecule has 0 saturated heterocycles. The van der Waals surface area contributed by atoms with Gasteiger partial charge >= 0.3 is 5.97 Å².